The average molecular weight is 585 g/mol. The summed E-state index contributed by atoms with van der Waals surface area (Å²) in [6.45, 7) is 4.97. The number of piperazine rings is 1. The van der Waals surface area contributed by atoms with Crippen LogP contribution in [0, 0.1) is 11.7 Å². The van der Waals surface area contributed by atoms with E-state index in [2.05, 4.69) is 20.0 Å². The lowest BCUT2D eigenvalue weighted by Gasteiger charge is -2.38. The van der Waals surface area contributed by atoms with Crippen LogP contribution in [0.25, 0.3) is 10.8 Å². The zero-order chi connectivity index (χ0) is 28.7. The molecule has 1 aliphatic carbocycles. The van der Waals surface area contributed by atoms with E-state index in [9.17, 15) is 5.11 Å². The van der Waals surface area contributed by atoms with Crippen molar-refractivity contribution in [2.24, 2.45) is 5.92 Å². The van der Waals surface area contributed by atoms with E-state index >= 15 is 4.39 Å². The number of hydrogen-bond donors (Lipinski definition) is 2. The maximum atomic E-state index is 15.1. The Bertz CT molecular complexity index is 1570. The van der Waals surface area contributed by atoms with Gasteiger partial charge in [-0.25, -0.2) is 4.39 Å². The number of fused-ring (bicyclic) bond motifs is 7. The molecule has 2 bridgehead atoms. The Balaban J connectivity index is 1.06. The molecule has 0 spiro atoms. The van der Waals surface area contributed by atoms with Crippen LogP contribution in [-0.2, 0) is 13.0 Å². The Morgan fingerprint density at radius 2 is 1.91 bits per heavy atom. The summed E-state index contributed by atoms with van der Waals surface area (Å²) in [5.41, 5.74) is 2.97. The highest BCUT2D eigenvalue weighted by atomic mass is 19.1. The SMILES string of the molecule is Oc1cc(N2CCc3c(nc(OC[C@]45CCCN4[C@@H]4CCC[C@@H]4C5)nc3N3CC4CCC(C3)N4)C2)c2c(F)cccc2c1. The number of hydrogen-bond acceptors (Lipinski definition) is 8. The van der Waals surface area contributed by atoms with Gasteiger partial charge in [0.2, 0.25) is 0 Å². The van der Waals surface area contributed by atoms with Gasteiger partial charge in [-0.05, 0) is 81.3 Å². The van der Waals surface area contributed by atoms with Crippen LogP contribution < -0.4 is 19.9 Å². The summed E-state index contributed by atoms with van der Waals surface area (Å²) in [5.74, 6) is 1.70. The smallest absolute Gasteiger partial charge is 0.318 e. The van der Waals surface area contributed by atoms with E-state index in [1.165, 1.54) is 69.5 Å². The molecule has 1 aromatic heterocycles. The molecule has 9 rings (SSSR count). The molecule has 2 N–H and O–H groups in total. The van der Waals surface area contributed by atoms with Crippen LogP contribution in [0.5, 0.6) is 11.8 Å². The number of ether oxygens (including phenoxy) is 1. The molecule has 3 aromatic rings. The topological polar surface area (TPSA) is 77.0 Å². The molecule has 0 radical (unpaired) electrons. The molecule has 4 saturated heterocycles. The molecule has 226 valence electrons. The van der Waals surface area contributed by atoms with Crippen molar-refractivity contribution >= 4 is 22.3 Å². The molecule has 1 saturated carbocycles. The molecule has 9 heteroatoms. The molecular formula is C34H41FN6O2. The average Bonchev–Trinajstić information content (AvgIpc) is 3.76. The largest absolute Gasteiger partial charge is 0.508 e. The second kappa shape index (κ2) is 9.92. The highest BCUT2D eigenvalue weighted by Crippen LogP contribution is 2.51. The van der Waals surface area contributed by atoms with Gasteiger partial charge >= 0.3 is 6.01 Å². The molecular weight excluding hydrogens is 543 g/mol. The molecule has 8 nitrogen and oxygen atoms in total. The number of benzene rings is 2. The van der Waals surface area contributed by atoms with Crippen molar-refractivity contribution in [2.45, 2.75) is 88.0 Å². The minimum Gasteiger partial charge on any atom is -0.508 e. The molecule has 2 unspecified atom stereocenters. The third-order valence-corrected chi connectivity index (χ3v) is 11.6. The molecule has 5 aliphatic heterocycles. The van der Waals surface area contributed by atoms with E-state index < -0.39 is 0 Å². The fourth-order valence-corrected chi connectivity index (χ4v) is 9.75. The van der Waals surface area contributed by atoms with Crippen molar-refractivity contribution in [1.82, 2.24) is 20.2 Å². The normalized spacial score (nSPS) is 31.5. The first-order valence-corrected chi connectivity index (χ1v) is 16.5. The van der Waals surface area contributed by atoms with Crippen LogP contribution in [0.15, 0.2) is 30.3 Å². The summed E-state index contributed by atoms with van der Waals surface area (Å²) in [4.78, 5) is 17.6. The van der Waals surface area contributed by atoms with Crippen molar-refractivity contribution in [3.8, 4) is 11.8 Å². The van der Waals surface area contributed by atoms with Gasteiger partial charge in [-0.15, -0.1) is 0 Å². The third kappa shape index (κ3) is 4.29. The summed E-state index contributed by atoms with van der Waals surface area (Å²) in [6, 6.07) is 10.6. The molecule has 43 heavy (non-hydrogen) atoms. The minimum absolute atomic E-state index is 0.118. The highest BCUT2D eigenvalue weighted by Gasteiger charge is 2.55. The molecule has 0 amide bonds. The first kappa shape index (κ1) is 26.3. The van der Waals surface area contributed by atoms with Crippen molar-refractivity contribution in [2.75, 3.05) is 42.6 Å². The summed E-state index contributed by atoms with van der Waals surface area (Å²) in [6.07, 6.45) is 10.9. The zero-order valence-electron chi connectivity index (χ0n) is 24.8. The van der Waals surface area contributed by atoms with Crippen LogP contribution in [0.4, 0.5) is 15.9 Å². The number of aromatic nitrogens is 2. The van der Waals surface area contributed by atoms with Crippen molar-refractivity contribution in [3.05, 3.63) is 47.4 Å². The zero-order valence-corrected chi connectivity index (χ0v) is 24.8. The number of phenolic OH excluding ortho intramolecular Hbond substituents is 1. The Labute approximate surface area is 252 Å². The maximum Gasteiger partial charge on any atom is 0.318 e. The third-order valence-electron chi connectivity index (χ3n) is 11.6. The lowest BCUT2D eigenvalue weighted by atomic mass is 9.90. The number of rotatable bonds is 5. The number of nitrogens with one attached hydrogen (secondary N) is 1. The van der Waals surface area contributed by atoms with E-state index in [1.807, 2.05) is 6.07 Å². The summed E-state index contributed by atoms with van der Waals surface area (Å²) in [7, 11) is 0. The number of halogens is 1. The van der Waals surface area contributed by atoms with Gasteiger partial charge in [0.1, 0.15) is 24.0 Å². The minimum atomic E-state index is -0.274. The van der Waals surface area contributed by atoms with Crippen LogP contribution in [-0.4, -0.2) is 76.4 Å². The van der Waals surface area contributed by atoms with E-state index in [-0.39, 0.29) is 17.1 Å². The number of nitrogens with zero attached hydrogens (tertiary/aromatic N) is 5. The second-order valence-corrected chi connectivity index (χ2v) is 14.0. The Hall–Kier alpha value is -3.17. The lowest BCUT2D eigenvalue weighted by Crippen LogP contribution is -2.52. The molecule has 6 heterocycles. The van der Waals surface area contributed by atoms with Gasteiger partial charge in [0.25, 0.3) is 0 Å². The fraction of sp³-hybridized carbons (Fsp3) is 0.588. The van der Waals surface area contributed by atoms with Crippen molar-refractivity contribution < 1.29 is 14.2 Å². The lowest BCUT2D eigenvalue weighted by molar-refractivity contribution is 0.0829. The maximum absolute atomic E-state index is 15.1. The van der Waals surface area contributed by atoms with Crippen LogP contribution in [0.3, 0.4) is 0 Å². The van der Waals surface area contributed by atoms with Gasteiger partial charge in [0.05, 0.1) is 23.5 Å². The predicted octanol–water partition coefficient (Wildman–Crippen LogP) is 4.76. The van der Waals surface area contributed by atoms with E-state index in [4.69, 9.17) is 14.7 Å². The van der Waals surface area contributed by atoms with Gasteiger partial charge in [-0.1, -0.05) is 18.6 Å². The summed E-state index contributed by atoms with van der Waals surface area (Å²) < 4.78 is 21.8. The molecule has 6 aliphatic rings. The van der Waals surface area contributed by atoms with E-state index in [0.29, 0.717) is 54.3 Å². The molecule has 2 aromatic carbocycles. The Morgan fingerprint density at radius 3 is 2.79 bits per heavy atom. The number of anilines is 2. The summed E-state index contributed by atoms with van der Waals surface area (Å²) >= 11 is 0. The monoisotopic (exact) mass is 584 g/mol. The highest BCUT2D eigenvalue weighted by molar-refractivity contribution is 5.96. The van der Waals surface area contributed by atoms with Crippen molar-refractivity contribution in [1.29, 1.82) is 0 Å². The predicted molar refractivity (Wildman–Crippen MR) is 164 cm³/mol. The summed E-state index contributed by atoms with van der Waals surface area (Å²) in [5, 5.41) is 15.5. The number of phenols is 1. The first-order valence-electron chi connectivity index (χ1n) is 16.5. The molecule has 5 atom stereocenters. The Morgan fingerprint density at radius 1 is 1.02 bits per heavy atom. The fourth-order valence-electron chi connectivity index (χ4n) is 9.75. The first-order chi connectivity index (χ1) is 21.0. The van der Waals surface area contributed by atoms with E-state index in [1.54, 1.807) is 18.2 Å². The van der Waals surface area contributed by atoms with Gasteiger partial charge < -0.3 is 25.0 Å². The van der Waals surface area contributed by atoms with Gasteiger partial charge in [0.15, 0.2) is 0 Å². The van der Waals surface area contributed by atoms with Crippen LogP contribution in [0.2, 0.25) is 0 Å². The van der Waals surface area contributed by atoms with Gasteiger partial charge in [-0.2, -0.15) is 9.97 Å². The van der Waals surface area contributed by atoms with Crippen LogP contribution in [0.1, 0.15) is 62.6 Å². The standard InChI is InChI=1S/C34H41FN6O2/c35-27-6-1-4-21-14-25(42)15-30(31(21)27)39-13-10-26-28(19-39)37-33(38-32(26)40-17-23-8-9-24(18-40)36-23)43-20-34-11-3-12-41(34)29-7-2-5-22(29)16-34/h1,4,6,14-15,22-24,29,36,42H,2-3,5,7-13,16-20H2/t22-,23?,24?,29-,34-/m1/s1. The Kier molecular flexibility index (Phi) is 6.06. The number of aromatic hydroxyl groups is 1. The van der Waals surface area contributed by atoms with Gasteiger partial charge in [0, 0.05) is 54.8 Å². The van der Waals surface area contributed by atoms with Crippen molar-refractivity contribution in [3.63, 3.8) is 0 Å². The van der Waals surface area contributed by atoms with E-state index in [0.717, 1.165) is 43.0 Å². The van der Waals surface area contributed by atoms with Gasteiger partial charge in [-0.3, -0.25) is 4.90 Å². The molecule has 5 fully saturated rings. The quantitative estimate of drug-likeness (QED) is 0.445. The van der Waals surface area contributed by atoms with Crippen LogP contribution >= 0.6 is 0 Å². The second-order valence-electron chi connectivity index (χ2n) is 14.0.